The molecule has 0 saturated heterocycles. The Kier molecular flexibility index (Phi) is 6.42. The summed E-state index contributed by atoms with van der Waals surface area (Å²) in [6, 6.07) is 12.0. The molecule has 4 rings (SSSR count). The number of amides is 2. The summed E-state index contributed by atoms with van der Waals surface area (Å²) >= 11 is 0. The van der Waals surface area contributed by atoms with Gasteiger partial charge in [-0.15, -0.1) is 0 Å². The molecule has 1 aliphatic heterocycles. The summed E-state index contributed by atoms with van der Waals surface area (Å²) in [5, 5.41) is 0. The van der Waals surface area contributed by atoms with Gasteiger partial charge in [-0.05, 0) is 73.9 Å². The molecule has 34 heavy (non-hydrogen) atoms. The number of carbonyl (C=O) groups is 2. The van der Waals surface area contributed by atoms with Crippen molar-refractivity contribution in [2.45, 2.75) is 52.5 Å². The number of rotatable bonds is 6. The normalized spacial score (nSPS) is 17.9. The molecule has 0 spiro atoms. The first-order chi connectivity index (χ1) is 16.0. The predicted octanol–water partition coefficient (Wildman–Crippen LogP) is 4.65. The van der Waals surface area contributed by atoms with Crippen LogP contribution in [-0.4, -0.2) is 39.1 Å². The van der Waals surface area contributed by atoms with Crippen molar-refractivity contribution in [2.24, 2.45) is 5.92 Å². The van der Waals surface area contributed by atoms with Gasteiger partial charge in [-0.25, -0.2) is 8.42 Å². The summed E-state index contributed by atoms with van der Waals surface area (Å²) in [7, 11) is -3.26. The fraction of sp³-hybridized carbons (Fsp3) is 0.407. The quantitative estimate of drug-likeness (QED) is 0.603. The molecule has 7 heteroatoms. The molecule has 6 nitrogen and oxygen atoms in total. The third-order valence-electron chi connectivity index (χ3n) is 6.83. The van der Waals surface area contributed by atoms with E-state index in [0.717, 1.165) is 46.5 Å². The zero-order valence-electron chi connectivity index (χ0n) is 20.3. The molecule has 1 heterocycles. The number of anilines is 2. The lowest BCUT2D eigenvalue weighted by Crippen LogP contribution is -2.51. The summed E-state index contributed by atoms with van der Waals surface area (Å²) in [5.74, 6) is 0.183. The van der Waals surface area contributed by atoms with E-state index in [4.69, 9.17) is 0 Å². The fourth-order valence-electron chi connectivity index (χ4n) is 4.62. The van der Waals surface area contributed by atoms with Crippen molar-refractivity contribution in [3.63, 3.8) is 0 Å². The van der Waals surface area contributed by atoms with Gasteiger partial charge in [0.2, 0.25) is 11.8 Å². The molecule has 0 radical (unpaired) electrons. The molecule has 2 aromatic rings. The number of allylic oxidation sites excluding steroid dienone is 1. The molecule has 1 fully saturated rings. The number of fused-ring (bicyclic) bond motifs is 1. The highest BCUT2D eigenvalue weighted by atomic mass is 32.2. The van der Waals surface area contributed by atoms with Crippen LogP contribution in [0.1, 0.15) is 44.2 Å². The van der Waals surface area contributed by atoms with E-state index < -0.39 is 9.84 Å². The third kappa shape index (κ3) is 4.80. The number of sulfone groups is 1. The average molecular weight is 481 g/mol. The maximum Gasteiger partial charge on any atom is 0.230 e. The lowest BCUT2D eigenvalue weighted by Gasteiger charge is -2.41. The summed E-state index contributed by atoms with van der Waals surface area (Å²) in [6.07, 6.45) is 4.00. The number of hydrogen-bond donors (Lipinski definition) is 0. The van der Waals surface area contributed by atoms with Crippen molar-refractivity contribution in [2.75, 3.05) is 22.6 Å². The Morgan fingerprint density at radius 2 is 1.71 bits per heavy atom. The molecule has 1 unspecified atom stereocenters. The van der Waals surface area contributed by atoms with Gasteiger partial charge >= 0.3 is 0 Å². The van der Waals surface area contributed by atoms with Crippen molar-refractivity contribution >= 4 is 33.0 Å². The Bertz CT molecular complexity index is 1280. The molecule has 0 N–H and O–H groups in total. The van der Waals surface area contributed by atoms with E-state index in [1.165, 1.54) is 6.26 Å². The lowest BCUT2D eigenvalue weighted by atomic mass is 9.95. The minimum absolute atomic E-state index is 0.0382. The van der Waals surface area contributed by atoms with Crippen LogP contribution in [-0.2, 0) is 25.8 Å². The number of hydrogen-bond acceptors (Lipinski definition) is 4. The van der Waals surface area contributed by atoms with Crippen LogP contribution in [0.5, 0.6) is 0 Å². The molecule has 180 valence electrons. The summed E-state index contributed by atoms with van der Waals surface area (Å²) in [4.78, 5) is 29.3. The first-order valence-corrected chi connectivity index (χ1v) is 13.6. The Morgan fingerprint density at radius 3 is 2.32 bits per heavy atom. The maximum atomic E-state index is 13.1. The minimum Gasteiger partial charge on any atom is -0.308 e. The highest BCUT2D eigenvalue weighted by Gasteiger charge is 2.39. The van der Waals surface area contributed by atoms with E-state index in [0.29, 0.717) is 19.4 Å². The molecular formula is C27H32N2O4S. The van der Waals surface area contributed by atoms with Crippen LogP contribution in [0, 0.1) is 12.8 Å². The van der Waals surface area contributed by atoms with Crippen molar-refractivity contribution in [3.8, 4) is 11.1 Å². The van der Waals surface area contributed by atoms with Crippen LogP contribution in [0.25, 0.3) is 11.1 Å². The highest BCUT2D eigenvalue weighted by Crippen LogP contribution is 2.42. The first kappa shape index (κ1) is 24.2. The Morgan fingerprint density at radius 1 is 1.06 bits per heavy atom. The molecule has 2 aliphatic rings. The van der Waals surface area contributed by atoms with Crippen molar-refractivity contribution in [1.82, 2.24) is 0 Å². The number of aryl methyl sites for hydroxylation is 2. The zero-order valence-corrected chi connectivity index (χ0v) is 21.1. The Hall–Kier alpha value is -2.93. The van der Waals surface area contributed by atoms with Gasteiger partial charge in [0.15, 0.2) is 9.84 Å². The van der Waals surface area contributed by atoms with Crippen LogP contribution < -0.4 is 9.80 Å². The third-order valence-corrected chi connectivity index (χ3v) is 8.08. The van der Waals surface area contributed by atoms with Gasteiger partial charge in [-0.1, -0.05) is 30.8 Å². The molecule has 1 atom stereocenters. The van der Waals surface area contributed by atoms with Gasteiger partial charge in [0.25, 0.3) is 0 Å². The second kappa shape index (κ2) is 9.02. The van der Waals surface area contributed by atoms with E-state index >= 15 is 0 Å². The van der Waals surface area contributed by atoms with E-state index in [2.05, 4.69) is 12.6 Å². The molecule has 0 aromatic heterocycles. The summed E-state index contributed by atoms with van der Waals surface area (Å²) < 4.78 is 23.5. The topological polar surface area (TPSA) is 74.8 Å². The number of benzene rings is 2. The van der Waals surface area contributed by atoms with Crippen LogP contribution in [0.3, 0.4) is 0 Å². The van der Waals surface area contributed by atoms with Gasteiger partial charge in [-0.2, -0.15) is 0 Å². The van der Waals surface area contributed by atoms with Gasteiger partial charge < -0.3 is 9.80 Å². The van der Waals surface area contributed by atoms with Crippen LogP contribution >= 0.6 is 0 Å². The number of carbonyl (C=O) groups excluding carboxylic acids is 2. The molecule has 1 saturated carbocycles. The van der Waals surface area contributed by atoms with Gasteiger partial charge in [-0.3, -0.25) is 9.59 Å². The molecule has 0 bridgehead atoms. The van der Waals surface area contributed by atoms with E-state index in [-0.39, 0.29) is 28.7 Å². The summed E-state index contributed by atoms with van der Waals surface area (Å²) in [6.45, 7) is 9.74. The summed E-state index contributed by atoms with van der Waals surface area (Å²) in [5.41, 5.74) is 5.62. The van der Waals surface area contributed by atoms with Gasteiger partial charge in [0.1, 0.15) is 0 Å². The van der Waals surface area contributed by atoms with Gasteiger partial charge in [0, 0.05) is 30.5 Å². The van der Waals surface area contributed by atoms with Crippen LogP contribution in [0.4, 0.5) is 11.4 Å². The zero-order chi connectivity index (χ0) is 24.8. The average Bonchev–Trinajstić information content (AvgIpc) is 3.61. The van der Waals surface area contributed by atoms with Crippen molar-refractivity contribution < 1.29 is 18.0 Å². The number of nitrogens with zero attached hydrogens (tertiary/aromatic N) is 2. The predicted molar refractivity (Wildman–Crippen MR) is 137 cm³/mol. The Labute approximate surface area is 202 Å². The molecule has 1 aliphatic carbocycles. The second-order valence-corrected chi connectivity index (χ2v) is 11.7. The minimum atomic E-state index is -3.26. The highest BCUT2D eigenvalue weighted by molar-refractivity contribution is 7.94. The molecular weight excluding hydrogens is 448 g/mol. The maximum absolute atomic E-state index is 13.1. The monoisotopic (exact) mass is 480 g/mol. The first-order valence-electron chi connectivity index (χ1n) is 11.7. The Balaban J connectivity index is 1.71. The smallest absolute Gasteiger partial charge is 0.230 e. The molecule has 2 aromatic carbocycles. The van der Waals surface area contributed by atoms with Crippen molar-refractivity contribution in [1.29, 1.82) is 0 Å². The lowest BCUT2D eigenvalue weighted by molar-refractivity contribution is -0.120. The van der Waals surface area contributed by atoms with Crippen LogP contribution in [0.2, 0.25) is 0 Å². The largest absolute Gasteiger partial charge is 0.308 e. The standard InChI is InChI=1S/C27H32N2O4S/c1-17-6-8-23(14-22(17)9-7-19(3)34(5,32)33)24-12-13-25-26(15-24)28(27(31)21-10-11-21)16-18(2)29(25)20(4)30/h6,8,12-15,18,21H,3,7,9-11,16H2,1-2,4-5H3. The second-order valence-electron chi connectivity index (χ2n) is 9.62. The van der Waals surface area contributed by atoms with E-state index in [1.54, 1.807) is 11.8 Å². The van der Waals surface area contributed by atoms with E-state index in [9.17, 15) is 18.0 Å². The van der Waals surface area contributed by atoms with Gasteiger partial charge in [0.05, 0.1) is 17.4 Å². The molecule has 2 amide bonds. The SMILES string of the molecule is C=C(CCc1cc(-c2ccc3c(c2)N(C(=O)C2CC2)CC(C)N3C(C)=O)ccc1C)S(C)(=O)=O. The van der Waals surface area contributed by atoms with E-state index in [1.807, 2.05) is 49.1 Å². The fourth-order valence-corrected chi connectivity index (χ4v) is 5.10. The van der Waals surface area contributed by atoms with Crippen molar-refractivity contribution in [3.05, 3.63) is 59.0 Å². The van der Waals surface area contributed by atoms with Crippen LogP contribution in [0.15, 0.2) is 47.9 Å².